The average Bonchev–Trinajstić information content (AvgIpc) is 2.77. The lowest BCUT2D eigenvalue weighted by Crippen LogP contribution is -2.52. The minimum atomic E-state index is -0.485. The first-order valence-corrected chi connectivity index (χ1v) is 11.7. The lowest BCUT2D eigenvalue weighted by atomic mass is 9.95. The van der Waals surface area contributed by atoms with Crippen molar-refractivity contribution in [3.63, 3.8) is 0 Å². The third kappa shape index (κ3) is 6.57. The number of carbonyl (C=O) groups excluding carboxylic acids is 2. The number of carbonyl (C=O) groups is 2. The molecule has 5 heteroatoms. The molecule has 1 fully saturated rings. The molecule has 31 heavy (non-hydrogen) atoms. The summed E-state index contributed by atoms with van der Waals surface area (Å²) in [6.07, 6.45) is 6.43. The lowest BCUT2D eigenvalue weighted by molar-refractivity contribution is -0.141. The van der Waals surface area contributed by atoms with Crippen LogP contribution in [-0.4, -0.2) is 28.8 Å². The summed E-state index contributed by atoms with van der Waals surface area (Å²) in [5, 5.41) is 3.87. The molecule has 1 atom stereocenters. The van der Waals surface area contributed by atoms with Crippen molar-refractivity contribution in [3.05, 3.63) is 70.2 Å². The number of halogens is 1. The van der Waals surface area contributed by atoms with Gasteiger partial charge in [-0.2, -0.15) is 0 Å². The molecule has 0 radical (unpaired) electrons. The van der Waals surface area contributed by atoms with E-state index >= 15 is 0 Å². The van der Waals surface area contributed by atoms with Gasteiger partial charge in [-0.25, -0.2) is 0 Å². The van der Waals surface area contributed by atoms with Gasteiger partial charge in [0, 0.05) is 17.6 Å². The Morgan fingerprint density at radius 3 is 2.39 bits per heavy atom. The van der Waals surface area contributed by atoms with Crippen LogP contribution in [0.4, 0.5) is 0 Å². The zero-order valence-electron chi connectivity index (χ0n) is 18.6. The molecule has 1 aliphatic rings. The Bertz CT molecular complexity index is 875. The van der Waals surface area contributed by atoms with Crippen molar-refractivity contribution in [3.8, 4) is 0 Å². The summed E-state index contributed by atoms with van der Waals surface area (Å²) in [5.74, 6) is -0.0799. The minimum Gasteiger partial charge on any atom is -0.352 e. The van der Waals surface area contributed by atoms with Gasteiger partial charge >= 0.3 is 0 Å². The number of amides is 2. The third-order valence-corrected chi connectivity index (χ3v) is 6.46. The monoisotopic (exact) mass is 440 g/mol. The average molecular weight is 441 g/mol. The summed E-state index contributed by atoms with van der Waals surface area (Å²) in [6, 6.07) is 15.1. The Labute approximate surface area is 191 Å². The summed E-state index contributed by atoms with van der Waals surface area (Å²) in [6.45, 7) is 4.45. The van der Waals surface area contributed by atoms with Gasteiger partial charge in [0.15, 0.2) is 0 Å². The highest BCUT2D eigenvalue weighted by atomic mass is 35.5. The van der Waals surface area contributed by atoms with Crippen LogP contribution >= 0.6 is 11.6 Å². The van der Waals surface area contributed by atoms with Gasteiger partial charge in [0.1, 0.15) is 6.04 Å². The van der Waals surface area contributed by atoms with Crippen LogP contribution in [0.5, 0.6) is 0 Å². The van der Waals surface area contributed by atoms with Crippen LogP contribution < -0.4 is 5.32 Å². The van der Waals surface area contributed by atoms with Crippen molar-refractivity contribution < 1.29 is 9.59 Å². The number of hydrogen-bond donors (Lipinski definition) is 1. The summed E-state index contributed by atoms with van der Waals surface area (Å²) < 4.78 is 0. The fourth-order valence-corrected chi connectivity index (χ4v) is 4.44. The second-order valence-corrected chi connectivity index (χ2v) is 8.96. The molecular weight excluding hydrogens is 408 g/mol. The van der Waals surface area contributed by atoms with Crippen molar-refractivity contribution >= 4 is 23.4 Å². The van der Waals surface area contributed by atoms with E-state index in [2.05, 4.69) is 5.32 Å². The number of nitrogens with one attached hydrogen (secondary N) is 1. The molecule has 0 saturated heterocycles. The molecule has 0 bridgehead atoms. The first kappa shape index (κ1) is 23.3. The van der Waals surface area contributed by atoms with Gasteiger partial charge < -0.3 is 10.2 Å². The molecule has 166 valence electrons. The van der Waals surface area contributed by atoms with E-state index in [1.54, 1.807) is 17.0 Å². The summed E-state index contributed by atoms with van der Waals surface area (Å²) in [5.41, 5.74) is 3.08. The van der Waals surface area contributed by atoms with Gasteiger partial charge in [-0.05, 0) is 55.0 Å². The number of rotatable bonds is 8. The van der Waals surface area contributed by atoms with Crippen molar-refractivity contribution in [1.82, 2.24) is 10.2 Å². The molecule has 2 aromatic carbocycles. The van der Waals surface area contributed by atoms with E-state index in [0.717, 1.165) is 42.4 Å². The lowest BCUT2D eigenvalue weighted by Gasteiger charge is -2.33. The predicted molar refractivity (Wildman–Crippen MR) is 126 cm³/mol. The Balaban J connectivity index is 1.81. The van der Waals surface area contributed by atoms with Gasteiger partial charge in [-0.3, -0.25) is 9.59 Å². The number of nitrogens with zero attached hydrogens (tertiary/aromatic N) is 1. The summed E-state index contributed by atoms with van der Waals surface area (Å²) in [4.78, 5) is 28.4. The van der Waals surface area contributed by atoms with Gasteiger partial charge in [0.2, 0.25) is 11.8 Å². The molecule has 1 aliphatic carbocycles. The topological polar surface area (TPSA) is 49.4 Å². The molecule has 2 aromatic rings. The van der Waals surface area contributed by atoms with Crippen LogP contribution in [0.2, 0.25) is 5.02 Å². The zero-order chi connectivity index (χ0) is 22.2. The van der Waals surface area contributed by atoms with Crippen LogP contribution in [-0.2, 0) is 22.6 Å². The fraction of sp³-hybridized carbons (Fsp3) is 0.462. The zero-order valence-corrected chi connectivity index (χ0v) is 19.3. The maximum atomic E-state index is 13.4. The summed E-state index contributed by atoms with van der Waals surface area (Å²) >= 11 is 5.99. The first-order valence-electron chi connectivity index (χ1n) is 11.4. The van der Waals surface area contributed by atoms with Crippen LogP contribution in [0.25, 0.3) is 0 Å². The molecule has 0 aromatic heterocycles. The molecule has 1 N–H and O–H groups in total. The second-order valence-electron chi connectivity index (χ2n) is 8.52. The molecule has 3 rings (SSSR count). The van der Waals surface area contributed by atoms with E-state index in [-0.39, 0.29) is 24.3 Å². The smallest absolute Gasteiger partial charge is 0.243 e. The molecule has 0 spiro atoms. The van der Waals surface area contributed by atoms with E-state index in [1.807, 2.05) is 50.2 Å². The van der Waals surface area contributed by atoms with E-state index in [1.165, 1.54) is 6.42 Å². The molecule has 2 amide bonds. The number of hydrogen-bond acceptors (Lipinski definition) is 2. The van der Waals surface area contributed by atoms with Crippen LogP contribution in [0.1, 0.15) is 62.1 Å². The second kappa shape index (κ2) is 11.3. The van der Waals surface area contributed by atoms with Crippen molar-refractivity contribution in [1.29, 1.82) is 0 Å². The van der Waals surface area contributed by atoms with Crippen molar-refractivity contribution in [2.24, 2.45) is 0 Å². The molecular formula is C26H33ClN2O2. The quantitative estimate of drug-likeness (QED) is 0.593. The third-order valence-electron chi connectivity index (χ3n) is 6.21. The maximum absolute atomic E-state index is 13.4. The van der Waals surface area contributed by atoms with Crippen molar-refractivity contribution in [2.45, 2.75) is 77.4 Å². The van der Waals surface area contributed by atoms with Crippen molar-refractivity contribution in [2.75, 3.05) is 0 Å². The Hall–Kier alpha value is -2.33. The Morgan fingerprint density at radius 1 is 1.06 bits per heavy atom. The van der Waals surface area contributed by atoms with Crippen LogP contribution in [0.15, 0.2) is 48.5 Å². The summed E-state index contributed by atoms with van der Waals surface area (Å²) in [7, 11) is 0. The maximum Gasteiger partial charge on any atom is 0.243 e. The van der Waals surface area contributed by atoms with Crippen LogP contribution in [0.3, 0.4) is 0 Å². The van der Waals surface area contributed by atoms with Gasteiger partial charge in [0.25, 0.3) is 0 Å². The molecule has 0 aliphatic heterocycles. The molecule has 1 saturated carbocycles. The van der Waals surface area contributed by atoms with E-state index in [9.17, 15) is 9.59 Å². The normalized spacial score (nSPS) is 15.3. The molecule has 4 nitrogen and oxygen atoms in total. The van der Waals surface area contributed by atoms with Gasteiger partial charge in [-0.15, -0.1) is 0 Å². The van der Waals surface area contributed by atoms with Gasteiger partial charge in [-0.1, -0.05) is 74.2 Å². The highest BCUT2D eigenvalue weighted by molar-refractivity contribution is 6.30. The minimum absolute atomic E-state index is 0.0348. The highest BCUT2D eigenvalue weighted by Gasteiger charge is 2.30. The standard InChI is InChI=1S/C26H33ClN2O2/c1-3-24(26(31)28-23-11-5-4-6-12-23)29(18-21-10-8-7-9-19(21)2)25(30)17-20-13-15-22(27)16-14-20/h7-10,13-16,23-24H,3-6,11-12,17-18H2,1-2H3,(H,28,31)/t24-/m0/s1. The Morgan fingerprint density at radius 2 is 1.74 bits per heavy atom. The van der Waals surface area contributed by atoms with E-state index in [4.69, 9.17) is 11.6 Å². The predicted octanol–water partition coefficient (Wildman–Crippen LogP) is 5.45. The van der Waals surface area contributed by atoms with E-state index in [0.29, 0.717) is 18.0 Å². The fourth-order valence-electron chi connectivity index (χ4n) is 4.31. The largest absolute Gasteiger partial charge is 0.352 e. The van der Waals surface area contributed by atoms with Crippen LogP contribution in [0, 0.1) is 6.92 Å². The highest BCUT2D eigenvalue weighted by Crippen LogP contribution is 2.20. The SMILES string of the molecule is CC[C@@H](C(=O)NC1CCCCC1)N(Cc1ccccc1C)C(=O)Cc1ccc(Cl)cc1. The van der Waals surface area contributed by atoms with E-state index < -0.39 is 6.04 Å². The Kier molecular flexibility index (Phi) is 8.53. The van der Waals surface area contributed by atoms with Gasteiger partial charge in [0.05, 0.1) is 6.42 Å². The first-order chi connectivity index (χ1) is 15.0. The molecule has 0 unspecified atom stereocenters. The number of aryl methyl sites for hydroxylation is 1. The molecule has 0 heterocycles. The number of benzene rings is 2.